The third-order valence-electron chi connectivity index (χ3n) is 4.17. The smallest absolute Gasteiger partial charge is 0.407 e. The number of amides is 1. The van der Waals surface area contributed by atoms with E-state index in [1.165, 1.54) is 0 Å². The van der Waals surface area contributed by atoms with Gasteiger partial charge >= 0.3 is 6.09 Å². The third kappa shape index (κ3) is 2.37. The fourth-order valence-corrected chi connectivity index (χ4v) is 3.64. The number of piperidine rings is 1. The molecule has 3 rings (SSSR count). The number of halogens is 3. The molecular weight excluding hydrogens is 358 g/mol. The van der Waals surface area contributed by atoms with Gasteiger partial charge in [0.1, 0.15) is 6.04 Å². The molecular formula is C15H15BrF2N2O2. The van der Waals surface area contributed by atoms with Crippen molar-refractivity contribution < 1.29 is 18.7 Å². The molecule has 1 aromatic heterocycles. The molecule has 0 bridgehead atoms. The molecule has 2 aromatic rings. The zero-order valence-corrected chi connectivity index (χ0v) is 13.5. The fraction of sp³-hybridized carbons (Fsp3) is 0.400. The van der Waals surface area contributed by atoms with Crippen molar-refractivity contribution >= 4 is 32.9 Å². The van der Waals surface area contributed by atoms with Gasteiger partial charge in [-0.25, -0.2) is 13.6 Å². The Kier molecular flexibility index (Phi) is 3.63. The molecule has 7 heteroatoms. The van der Waals surface area contributed by atoms with Gasteiger partial charge < -0.3 is 14.6 Å². The summed E-state index contributed by atoms with van der Waals surface area (Å²) < 4.78 is 31.5. The van der Waals surface area contributed by atoms with E-state index in [4.69, 9.17) is 5.11 Å². The predicted molar refractivity (Wildman–Crippen MR) is 82.6 cm³/mol. The number of carboxylic acid groups (broad SMARTS) is 1. The van der Waals surface area contributed by atoms with Gasteiger partial charge in [-0.15, -0.1) is 0 Å². The highest BCUT2D eigenvalue weighted by molar-refractivity contribution is 9.10. The van der Waals surface area contributed by atoms with Crippen molar-refractivity contribution in [1.82, 2.24) is 9.47 Å². The minimum Gasteiger partial charge on any atom is -0.465 e. The number of fused-ring (bicyclic) bond motifs is 1. The maximum Gasteiger partial charge on any atom is 0.407 e. The number of aryl methyl sites for hydroxylation is 1. The molecule has 1 saturated heterocycles. The normalized spacial score (nSPS) is 21.3. The third-order valence-corrected chi connectivity index (χ3v) is 4.86. The van der Waals surface area contributed by atoms with Gasteiger partial charge in [-0.05, 0) is 31.5 Å². The van der Waals surface area contributed by atoms with E-state index in [0.717, 1.165) is 26.0 Å². The number of rotatable bonds is 1. The number of nitrogens with zero attached hydrogens (tertiary/aromatic N) is 2. The maximum absolute atomic E-state index is 14.5. The number of aromatic nitrogens is 1. The number of hydrogen-bond acceptors (Lipinski definition) is 1. The fourth-order valence-electron chi connectivity index (χ4n) is 3.17. The second kappa shape index (κ2) is 5.22. The Hall–Kier alpha value is -1.63. The minimum absolute atomic E-state index is 0.0937. The van der Waals surface area contributed by atoms with Crippen molar-refractivity contribution in [1.29, 1.82) is 0 Å². The van der Waals surface area contributed by atoms with E-state index in [0.29, 0.717) is 0 Å². The van der Waals surface area contributed by atoms with Gasteiger partial charge in [0.15, 0.2) is 0 Å². The second-order valence-electron chi connectivity index (χ2n) is 5.60. The summed E-state index contributed by atoms with van der Waals surface area (Å²) in [7, 11) is 0. The number of benzene rings is 1. The van der Waals surface area contributed by atoms with Gasteiger partial charge in [0.25, 0.3) is 5.92 Å². The first-order valence-electron chi connectivity index (χ1n) is 6.93. The molecule has 1 amide bonds. The van der Waals surface area contributed by atoms with Crippen LogP contribution in [0.25, 0.3) is 10.9 Å². The second-order valence-corrected chi connectivity index (χ2v) is 6.45. The van der Waals surface area contributed by atoms with Crippen LogP contribution in [0.5, 0.6) is 0 Å². The molecule has 0 spiro atoms. The summed E-state index contributed by atoms with van der Waals surface area (Å²) in [6.45, 7) is 1.15. The molecule has 118 valence electrons. The summed E-state index contributed by atoms with van der Waals surface area (Å²) in [5, 5.41) is 9.82. The first-order valence-corrected chi connectivity index (χ1v) is 7.72. The molecule has 0 saturated carbocycles. The van der Waals surface area contributed by atoms with Crippen molar-refractivity contribution in [3.63, 3.8) is 0 Å². The standard InChI is InChI=1S/C15H15BrF2N2O2/c1-9-7-10-11(16)3-2-4-12(10)20(9)13-5-6-19(14(21)22)8-15(13,17)18/h2-4,7,13H,5-6,8H2,1H3,(H,21,22). The lowest BCUT2D eigenvalue weighted by molar-refractivity contribution is -0.0961. The topological polar surface area (TPSA) is 45.5 Å². The molecule has 1 aliphatic heterocycles. The molecule has 4 nitrogen and oxygen atoms in total. The molecule has 1 aliphatic rings. The number of alkyl halides is 2. The molecule has 0 radical (unpaired) electrons. The zero-order valence-electron chi connectivity index (χ0n) is 11.9. The molecule has 1 aromatic carbocycles. The molecule has 1 fully saturated rings. The lowest BCUT2D eigenvalue weighted by Crippen LogP contribution is -2.51. The van der Waals surface area contributed by atoms with Crippen LogP contribution in [0, 0.1) is 6.92 Å². The van der Waals surface area contributed by atoms with Gasteiger partial charge in [-0.3, -0.25) is 0 Å². The summed E-state index contributed by atoms with van der Waals surface area (Å²) in [6.07, 6.45) is -1.20. The highest BCUT2D eigenvalue weighted by Crippen LogP contribution is 2.40. The monoisotopic (exact) mass is 372 g/mol. The number of carbonyl (C=O) groups is 1. The first kappa shape index (κ1) is 15.3. The maximum atomic E-state index is 14.5. The average molecular weight is 373 g/mol. The molecule has 1 atom stereocenters. The Bertz CT molecular complexity index is 744. The van der Waals surface area contributed by atoms with Gasteiger partial charge in [0.05, 0.1) is 6.54 Å². The Morgan fingerprint density at radius 3 is 2.82 bits per heavy atom. The highest BCUT2D eigenvalue weighted by atomic mass is 79.9. The van der Waals surface area contributed by atoms with E-state index in [-0.39, 0.29) is 13.0 Å². The van der Waals surface area contributed by atoms with Crippen molar-refractivity contribution in [3.8, 4) is 0 Å². The molecule has 22 heavy (non-hydrogen) atoms. The summed E-state index contributed by atoms with van der Waals surface area (Å²) in [4.78, 5) is 11.7. The van der Waals surface area contributed by atoms with E-state index in [1.807, 2.05) is 24.3 Å². The molecule has 2 heterocycles. The Labute approximate surface area is 134 Å². The van der Waals surface area contributed by atoms with E-state index >= 15 is 0 Å². The van der Waals surface area contributed by atoms with Crippen LogP contribution in [0.2, 0.25) is 0 Å². The summed E-state index contributed by atoms with van der Waals surface area (Å²) in [6, 6.07) is 6.34. The van der Waals surface area contributed by atoms with Crippen LogP contribution in [0.15, 0.2) is 28.7 Å². The Morgan fingerprint density at radius 2 is 2.18 bits per heavy atom. The van der Waals surface area contributed by atoms with Crippen LogP contribution >= 0.6 is 15.9 Å². The van der Waals surface area contributed by atoms with Crippen LogP contribution in [0.4, 0.5) is 13.6 Å². The summed E-state index contributed by atoms with van der Waals surface area (Å²) in [5.74, 6) is -3.10. The molecule has 1 unspecified atom stereocenters. The Balaban J connectivity index is 2.06. The van der Waals surface area contributed by atoms with Gasteiger partial charge in [0, 0.05) is 27.6 Å². The number of likely N-dealkylation sites (tertiary alicyclic amines) is 1. The predicted octanol–water partition coefficient (Wildman–Crippen LogP) is 4.27. The SMILES string of the molecule is Cc1cc2c(Br)cccc2n1C1CCN(C(=O)O)CC1(F)F. The minimum atomic E-state index is -3.10. The zero-order chi connectivity index (χ0) is 16.1. The van der Waals surface area contributed by atoms with Crippen LogP contribution in [-0.4, -0.2) is 39.7 Å². The van der Waals surface area contributed by atoms with Crippen molar-refractivity contribution in [2.24, 2.45) is 0 Å². The van der Waals surface area contributed by atoms with Crippen molar-refractivity contribution in [2.75, 3.05) is 13.1 Å². The average Bonchev–Trinajstić information content (AvgIpc) is 2.76. The van der Waals surface area contributed by atoms with E-state index in [1.54, 1.807) is 11.5 Å². The summed E-state index contributed by atoms with van der Waals surface area (Å²) >= 11 is 3.44. The van der Waals surface area contributed by atoms with Gasteiger partial charge in [-0.2, -0.15) is 0 Å². The van der Waals surface area contributed by atoms with Gasteiger partial charge in [0.2, 0.25) is 0 Å². The van der Waals surface area contributed by atoms with Crippen LogP contribution in [0.3, 0.4) is 0 Å². The Morgan fingerprint density at radius 1 is 1.45 bits per heavy atom. The lowest BCUT2D eigenvalue weighted by atomic mass is 10.00. The van der Waals surface area contributed by atoms with Gasteiger partial charge in [-0.1, -0.05) is 22.0 Å². The lowest BCUT2D eigenvalue weighted by Gasteiger charge is -2.38. The van der Waals surface area contributed by atoms with Crippen molar-refractivity contribution in [3.05, 3.63) is 34.4 Å². The van der Waals surface area contributed by atoms with Crippen molar-refractivity contribution in [2.45, 2.75) is 25.3 Å². The van der Waals surface area contributed by atoms with Crippen LogP contribution < -0.4 is 0 Å². The number of hydrogen-bond donors (Lipinski definition) is 1. The largest absolute Gasteiger partial charge is 0.465 e. The summed E-state index contributed by atoms with van der Waals surface area (Å²) in [5.41, 5.74) is 1.48. The van der Waals surface area contributed by atoms with E-state index in [2.05, 4.69) is 15.9 Å². The molecule has 1 N–H and O–H groups in total. The van der Waals surface area contributed by atoms with Crippen LogP contribution in [0.1, 0.15) is 18.2 Å². The quantitative estimate of drug-likeness (QED) is 0.812. The van der Waals surface area contributed by atoms with E-state index in [9.17, 15) is 13.6 Å². The van der Waals surface area contributed by atoms with Crippen LogP contribution in [-0.2, 0) is 0 Å². The highest BCUT2D eigenvalue weighted by Gasteiger charge is 2.47. The van der Waals surface area contributed by atoms with E-state index < -0.39 is 24.6 Å². The first-order chi connectivity index (χ1) is 10.3. The molecule has 0 aliphatic carbocycles.